The van der Waals surface area contributed by atoms with Crippen LogP contribution in [0.5, 0.6) is 0 Å². The predicted molar refractivity (Wildman–Crippen MR) is 79.0 cm³/mol. The molecule has 0 bridgehead atoms. The molecule has 5 heteroatoms. The molecule has 3 aromatic rings. The lowest BCUT2D eigenvalue weighted by atomic mass is 10.2. The van der Waals surface area contributed by atoms with Crippen LogP contribution in [0.3, 0.4) is 0 Å². The van der Waals surface area contributed by atoms with E-state index in [0.29, 0.717) is 5.02 Å². The second kappa shape index (κ2) is 4.79. The fourth-order valence-electron chi connectivity index (χ4n) is 1.85. The van der Waals surface area contributed by atoms with Crippen molar-refractivity contribution in [2.45, 2.75) is 6.92 Å². The van der Waals surface area contributed by atoms with Gasteiger partial charge >= 0.3 is 0 Å². The van der Waals surface area contributed by atoms with Crippen molar-refractivity contribution in [3.8, 4) is 0 Å². The summed E-state index contributed by atoms with van der Waals surface area (Å²) in [6.07, 6.45) is 0. The molecule has 0 unspecified atom stereocenters. The Bertz CT molecular complexity index is 754. The lowest BCUT2D eigenvalue weighted by Crippen LogP contribution is -1.92. The minimum absolute atomic E-state index is 0.240. The van der Waals surface area contributed by atoms with Crippen LogP contribution in [0.1, 0.15) is 5.56 Å². The highest BCUT2D eigenvalue weighted by atomic mass is 35.5. The average Bonchev–Trinajstić information content (AvgIpc) is 2.77. The summed E-state index contributed by atoms with van der Waals surface area (Å²) in [6.45, 7) is 1.85. The largest absolute Gasteiger partial charge is 0.331 e. The van der Waals surface area contributed by atoms with Crippen molar-refractivity contribution in [1.29, 1.82) is 0 Å². The normalized spacial score (nSPS) is 10.9. The molecule has 2 aromatic carbocycles. The Labute approximate surface area is 118 Å². The summed E-state index contributed by atoms with van der Waals surface area (Å²) in [5.41, 5.74) is 2.54. The molecule has 0 spiro atoms. The summed E-state index contributed by atoms with van der Waals surface area (Å²) in [7, 11) is 0. The van der Waals surface area contributed by atoms with E-state index in [4.69, 9.17) is 11.6 Å². The molecule has 0 aliphatic carbocycles. The van der Waals surface area contributed by atoms with E-state index >= 15 is 0 Å². The molecule has 0 fully saturated rings. The zero-order valence-corrected chi connectivity index (χ0v) is 11.6. The number of nitrogens with one attached hydrogen (secondary N) is 1. The number of hydrogen-bond donors (Lipinski definition) is 1. The van der Waals surface area contributed by atoms with Crippen molar-refractivity contribution in [1.82, 2.24) is 4.98 Å². The van der Waals surface area contributed by atoms with Crippen molar-refractivity contribution in [2.24, 2.45) is 0 Å². The molecule has 19 heavy (non-hydrogen) atoms. The van der Waals surface area contributed by atoms with Crippen LogP contribution in [0.15, 0.2) is 36.4 Å². The van der Waals surface area contributed by atoms with Crippen LogP contribution in [0.4, 0.5) is 15.2 Å². The van der Waals surface area contributed by atoms with Crippen LogP contribution < -0.4 is 5.32 Å². The van der Waals surface area contributed by atoms with E-state index in [1.807, 2.05) is 25.1 Å². The van der Waals surface area contributed by atoms with Crippen LogP contribution in [0, 0.1) is 12.7 Å². The number of rotatable bonds is 2. The zero-order valence-electron chi connectivity index (χ0n) is 10.1. The molecule has 0 aliphatic heterocycles. The first-order chi connectivity index (χ1) is 9.13. The van der Waals surface area contributed by atoms with Gasteiger partial charge in [-0.1, -0.05) is 29.0 Å². The molecule has 0 radical (unpaired) electrons. The zero-order chi connectivity index (χ0) is 13.4. The first-order valence-electron chi connectivity index (χ1n) is 5.72. The number of nitrogens with zero attached hydrogens (tertiary/aromatic N) is 1. The number of anilines is 2. The second-order valence-electron chi connectivity index (χ2n) is 4.19. The van der Waals surface area contributed by atoms with Gasteiger partial charge in [0.1, 0.15) is 5.82 Å². The molecule has 1 N–H and O–H groups in total. The Kier molecular flexibility index (Phi) is 3.12. The van der Waals surface area contributed by atoms with Crippen molar-refractivity contribution < 1.29 is 4.39 Å². The highest BCUT2D eigenvalue weighted by Gasteiger charge is 2.08. The van der Waals surface area contributed by atoms with Gasteiger partial charge in [0.05, 0.1) is 15.2 Å². The quantitative estimate of drug-likeness (QED) is 0.707. The molecule has 0 aliphatic rings. The SMILES string of the molecule is Cc1cc(F)ccc1Nc1nc2cccc(Cl)c2s1. The molecule has 1 aromatic heterocycles. The fourth-order valence-corrected chi connectivity index (χ4v) is 3.02. The summed E-state index contributed by atoms with van der Waals surface area (Å²) >= 11 is 7.60. The lowest BCUT2D eigenvalue weighted by molar-refractivity contribution is 0.627. The Morgan fingerprint density at radius 2 is 2.11 bits per heavy atom. The summed E-state index contributed by atoms with van der Waals surface area (Å²) in [5, 5.41) is 4.64. The molecular weight excluding hydrogens is 283 g/mol. The number of fused-ring (bicyclic) bond motifs is 1. The fraction of sp³-hybridized carbons (Fsp3) is 0.0714. The monoisotopic (exact) mass is 292 g/mol. The molecule has 3 rings (SSSR count). The van der Waals surface area contributed by atoms with Crippen LogP contribution in [0.25, 0.3) is 10.2 Å². The highest BCUT2D eigenvalue weighted by molar-refractivity contribution is 7.22. The molecular formula is C14H10ClFN2S. The number of halogens is 2. The maximum Gasteiger partial charge on any atom is 0.188 e. The number of benzene rings is 2. The number of hydrogen-bond acceptors (Lipinski definition) is 3. The van der Waals surface area contributed by atoms with Crippen LogP contribution in [-0.4, -0.2) is 4.98 Å². The molecule has 1 heterocycles. The van der Waals surface area contributed by atoms with Gasteiger partial charge < -0.3 is 5.32 Å². The van der Waals surface area contributed by atoms with Gasteiger partial charge in [-0.15, -0.1) is 0 Å². The third-order valence-corrected chi connectivity index (χ3v) is 4.24. The van der Waals surface area contributed by atoms with Gasteiger partial charge in [-0.25, -0.2) is 9.37 Å². The third kappa shape index (κ3) is 2.41. The Hall–Kier alpha value is -1.65. The van der Waals surface area contributed by atoms with E-state index in [0.717, 1.165) is 26.6 Å². The van der Waals surface area contributed by atoms with Gasteiger partial charge in [0, 0.05) is 5.69 Å². The number of aryl methyl sites for hydroxylation is 1. The van der Waals surface area contributed by atoms with E-state index in [2.05, 4.69) is 10.3 Å². The van der Waals surface area contributed by atoms with Crippen LogP contribution in [-0.2, 0) is 0 Å². The summed E-state index contributed by atoms with van der Waals surface area (Å²) in [5.74, 6) is -0.240. The number of thiazole rings is 1. The van der Waals surface area contributed by atoms with Crippen molar-refractivity contribution in [3.63, 3.8) is 0 Å². The Morgan fingerprint density at radius 3 is 2.84 bits per heavy atom. The average molecular weight is 293 g/mol. The van der Waals surface area contributed by atoms with Gasteiger partial charge in [-0.05, 0) is 42.8 Å². The van der Waals surface area contributed by atoms with Crippen molar-refractivity contribution >= 4 is 44.0 Å². The molecule has 0 atom stereocenters. The van der Waals surface area contributed by atoms with Crippen molar-refractivity contribution in [2.75, 3.05) is 5.32 Å². The Morgan fingerprint density at radius 1 is 1.26 bits per heavy atom. The summed E-state index contributed by atoms with van der Waals surface area (Å²) in [6, 6.07) is 10.3. The Balaban J connectivity index is 1.99. The standard InChI is InChI=1S/C14H10ClFN2S/c1-8-7-9(16)5-6-11(8)17-14-18-12-4-2-3-10(15)13(12)19-14/h2-7H,1H3,(H,17,18). The van der Waals surface area contributed by atoms with Gasteiger partial charge in [0.2, 0.25) is 0 Å². The van der Waals surface area contributed by atoms with E-state index in [9.17, 15) is 4.39 Å². The van der Waals surface area contributed by atoms with E-state index in [1.165, 1.54) is 23.5 Å². The molecule has 0 amide bonds. The van der Waals surface area contributed by atoms with Crippen molar-refractivity contribution in [3.05, 3.63) is 52.8 Å². The van der Waals surface area contributed by atoms with Gasteiger partial charge in [-0.3, -0.25) is 0 Å². The summed E-state index contributed by atoms with van der Waals surface area (Å²) in [4.78, 5) is 4.46. The van der Waals surface area contributed by atoms with Crippen LogP contribution >= 0.6 is 22.9 Å². The minimum Gasteiger partial charge on any atom is -0.331 e. The topological polar surface area (TPSA) is 24.9 Å². The number of aromatic nitrogens is 1. The van der Waals surface area contributed by atoms with Crippen LogP contribution in [0.2, 0.25) is 5.02 Å². The van der Waals surface area contributed by atoms with Gasteiger partial charge in [0.25, 0.3) is 0 Å². The molecule has 0 saturated carbocycles. The highest BCUT2D eigenvalue weighted by Crippen LogP contribution is 2.33. The maximum absolute atomic E-state index is 13.0. The van der Waals surface area contributed by atoms with Gasteiger partial charge in [-0.2, -0.15) is 0 Å². The first-order valence-corrected chi connectivity index (χ1v) is 6.91. The van der Waals surface area contributed by atoms with E-state index in [-0.39, 0.29) is 5.82 Å². The summed E-state index contributed by atoms with van der Waals surface area (Å²) < 4.78 is 14.0. The predicted octanol–water partition coefficient (Wildman–Crippen LogP) is 5.14. The lowest BCUT2D eigenvalue weighted by Gasteiger charge is -2.05. The van der Waals surface area contributed by atoms with E-state index < -0.39 is 0 Å². The molecule has 0 saturated heterocycles. The third-order valence-electron chi connectivity index (χ3n) is 2.80. The maximum atomic E-state index is 13.0. The molecule has 2 nitrogen and oxygen atoms in total. The second-order valence-corrected chi connectivity index (χ2v) is 5.60. The minimum atomic E-state index is -0.240. The van der Waals surface area contributed by atoms with E-state index in [1.54, 1.807) is 6.07 Å². The van der Waals surface area contributed by atoms with Gasteiger partial charge in [0.15, 0.2) is 5.13 Å². The molecule has 96 valence electrons. The first kappa shape index (κ1) is 12.4. The smallest absolute Gasteiger partial charge is 0.188 e.